The van der Waals surface area contributed by atoms with Crippen LogP contribution in [0.4, 0.5) is 4.79 Å². The smallest absolute Gasteiger partial charge is 0.407 e. The highest BCUT2D eigenvalue weighted by molar-refractivity contribution is 5.89. The van der Waals surface area contributed by atoms with Crippen molar-refractivity contribution in [3.05, 3.63) is 59.7 Å². The molecule has 0 radical (unpaired) electrons. The van der Waals surface area contributed by atoms with Crippen molar-refractivity contribution >= 4 is 18.0 Å². The molecule has 35 heavy (non-hydrogen) atoms. The third-order valence-electron chi connectivity index (χ3n) is 6.61. The number of ether oxygens (including phenoxy) is 1. The standard InChI is InChI=1S/C28H36N2O5/c1-5-18(4)15-24(26(31)29-25(27(32)33)14-17(2)3)30-28(34)35-16-23-21-12-8-6-10-19(21)20-11-7-9-13-22(20)23/h6-13,17-18,23-25H,5,14-16H2,1-4H3,(H,29,31)(H,30,34)(H,32,33). The molecule has 7 heteroatoms. The van der Waals surface area contributed by atoms with Crippen LogP contribution in [0.15, 0.2) is 48.5 Å². The summed E-state index contributed by atoms with van der Waals surface area (Å²) >= 11 is 0. The van der Waals surface area contributed by atoms with Crippen LogP contribution in [0, 0.1) is 11.8 Å². The first-order chi connectivity index (χ1) is 16.7. The van der Waals surface area contributed by atoms with Gasteiger partial charge < -0.3 is 20.5 Å². The van der Waals surface area contributed by atoms with Gasteiger partial charge >= 0.3 is 12.1 Å². The highest BCUT2D eigenvalue weighted by atomic mass is 16.5. The number of carbonyl (C=O) groups is 3. The van der Waals surface area contributed by atoms with Crippen molar-refractivity contribution in [3.8, 4) is 11.1 Å². The van der Waals surface area contributed by atoms with Gasteiger partial charge in [0.15, 0.2) is 0 Å². The van der Waals surface area contributed by atoms with Gasteiger partial charge in [-0.1, -0.05) is 82.6 Å². The largest absolute Gasteiger partial charge is 0.480 e. The van der Waals surface area contributed by atoms with Crippen molar-refractivity contribution in [2.24, 2.45) is 11.8 Å². The number of amides is 2. The van der Waals surface area contributed by atoms with Crippen LogP contribution in [0.1, 0.15) is 64.0 Å². The topological polar surface area (TPSA) is 105 Å². The predicted molar refractivity (Wildman–Crippen MR) is 135 cm³/mol. The molecule has 0 saturated carbocycles. The summed E-state index contributed by atoms with van der Waals surface area (Å²) in [6, 6.07) is 14.3. The van der Waals surface area contributed by atoms with Gasteiger partial charge in [0.05, 0.1) is 0 Å². The summed E-state index contributed by atoms with van der Waals surface area (Å²) in [6.07, 6.45) is 0.832. The van der Waals surface area contributed by atoms with Crippen LogP contribution in [0.2, 0.25) is 0 Å². The molecule has 0 spiro atoms. The van der Waals surface area contributed by atoms with Crippen LogP contribution in [0.5, 0.6) is 0 Å². The number of alkyl carbamates (subject to hydrolysis) is 1. The quantitative estimate of drug-likeness (QED) is 0.422. The Kier molecular flexibility index (Phi) is 8.90. The average Bonchev–Trinajstić information content (AvgIpc) is 3.15. The Morgan fingerprint density at radius 1 is 0.886 bits per heavy atom. The van der Waals surface area contributed by atoms with Crippen LogP contribution < -0.4 is 10.6 Å². The predicted octanol–water partition coefficient (Wildman–Crippen LogP) is 4.95. The van der Waals surface area contributed by atoms with E-state index in [-0.39, 0.29) is 24.4 Å². The number of carboxylic acids is 1. The van der Waals surface area contributed by atoms with Crippen LogP contribution in [-0.4, -0.2) is 41.8 Å². The Hall–Kier alpha value is -3.35. The molecule has 3 rings (SSSR count). The number of aliphatic carboxylic acids is 1. The number of nitrogens with one attached hydrogen (secondary N) is 2. The summed E-state index contributed by atoms with van der Waals surface area (Å²) in [5.41, 5.74) is 4.48. The van der Waals surface area contributed by atoms with Gasteiger partial charge in [-0.3, -0.25) is 4.79 Å². The van der Waals surface area contributed by atoms with Gasteiger partial charge in [0.2, 0.25) is 5.91 Å². The van der Waals surface area contributed by atoms with Crippen LogP contribution in [-0.2, 0) is 14.3 Å². The Bertz CT molecular complexity index is 1010. The van der Waals surface area contributed by atoms with Crippen LogP contribution in [0.3, 0.4) is 0 Å². The van der Waals surface area contributed by atoms with Crippen molar-refractivity contribution in [2.45, 2.75) is 65.0 Å². The fourth-order valence-electron chi connectivity index (χ4n) is 4.55. The van der Waals surface area contributed by atoms with E-state index in [1.54, 1.807) is 0 Å². The van der Waals surface area contributed by atoms with Gasteiger partial charge in [0.1, 0.15) is 18.7 Å². The van der Waals surface area contributed by atoms with Gasteiger partial charge in [0, 0.05) is 5.92 Å². The third-order valence-corrected chi connectivity index (χ3v) is 6.61. The van der Waals surface area contributed by atoms with Crippen LogP contribution >= 0.6 is 0 Å². The molecular formula is C28H36N2O5. The first-order valence-electron chi connectivity index (χ1n) is 12.4. The fourth-order valence-corrected chi connectivity index (χ4v) is 4.55. The van der Waals surface area contributed by atoms with E-state index in [4.69, 9.17) is 4.74 Å². The molecule has 3 atom stereocenters. The molecule has 0 saturated heterocycles. The molecule has 0 aliphatic heterocycles. The van der Waals surface area contributed by atoms with E-state index in [2.05, 4.69) is 22.8 Å². The average molecular weight is 481 g/mol. The Morgan fingerprint density at radius 3 is 1.97 bits per heavy atom. The number of benzene rings is 2. The molecule has 1 aliphatic rings. The zero-order chi connectivity index (χ0) is 25.5. The summed E-state index contributed by atoms with van der Waals surface area (Å²) in [5.74, 6) is -1.42. The molecule has 3 unspecified atom stereocenters. The normalized spacial score (nSPS) is 15.0. The maximum Gasteiger partial charge on any atom is 0.407 e. The molecule has 2 aromatic rings. The van der Waals surface area contributed by atoms with Gasteiger partial charge in [-0.15, -0.1) is 0 Å². The summed E-state index contributed by atoms with van der Waals surface area (Å²) in [4.78, 5) is 37.4. The molecule has 0 bridgehead atoms. The van der Waals surface area contributed by atoms with Gasteiger partial charge in [0.25, 0.3) is 0 Å². The number of carboxylic acid groups (broad SMARTS) is 1. The minimum Gasteiger partial charge on any atom is -0.480 e. The van der Waals surface area contributed by atoms with Crippen LogP contribution in [0.25, 0.3) is 11.1 Å². The van der Waals surface area contributed by atoms with Crippen molar-refractivity contribution < 1.29 is 24.2 Å². The maximum atomic E-state index is 13.0. The minimum atomic E-state index is -1.09. The molecule has 2 amide bonds. The molecule has 188 valence electrons. The van der Waals surface area contributed by atoms with Gasteiger partial charge in [-0.25, -0.2) is 9.59 Å². The van der Waals surface area contributed by atoms with Crippen molar-refractivity contribution in [1.82, 2.24) is 10.6 Å². The second kappa shape index (κ2) is 11.9. The SMILES string of the molecule is CCC(C)CC(NC(=O)OCC1c2ccccc2-c2ccccc21)C(=O)NC(CC(C)C)C(=O)O. The summed E-state index contributed by atoms with van der Waals surface area (Å²) in [7, 11) is 0. The number of rotatable bonds is 11. The number of fused-ring (bicyclic) bond motifs is 3. The number of hydrogen-bond donors (Lipinski definition) is 3. The Balaban J connectivity index is 1.68. The number of hydrogen-bond acceptors (Lipinski definition) is 4. The second-order valence-corrected chi connectivity index (χ2v) is 9.80. The highest BCUT2D eigenvalue weighted by Crippen LogP contribution is 2.44. The zero-order valence-electron chi connectivity index (χ0n) is 20.9. The van der Waals surface area contributed by atoms with Crippen molar-refractivity contribution in [2.75, 3.05) is 6.61 Å². The molecule has 2 aromatic carbocycles. The first-order valence-corrected chi connectivity index (χ1v) is 12.4. The van der Waals surface area contributed by atoms with Crippen molar-refractivity contribution in [1.29, 1.82) is 0 Å². The molecule has 0 fully saturated rings. The Morgan fingerprint density at radius 2 is 1.46 bits per heavy atom. The molecule has 3 N–H and O–H groups in total. The molecule has 0 aromatic heterocycles. The van der Waals surface area contributed by atoms with E-state index in [1.807, 2.05) is 64.1 Å². The second-order valence-electron chi connectivity index (χ2n) is 9.80. The summed E-state index contributed by atoms with van der Waals surface area (Å²) < 4.78 is 5.61. The lowest BCUT2D eigenvalue weighted by molar-refractivity contribution is -0.142. The monoisotopic (exact) mass is 480 g/mol. The molecular weight excluding hydrogens is 444 g/mol. The minimum absolute atomic E-state index is 0.0857. The summed E-state index contributed by atoms with van der Waals surface area (Å²) in [6.45, 7) is 7.93. The lowest BCUT2D eigenvalue weighted by atomic mass is 9.97. The van der Waals surface area contributed by atoms with E-state index < -0.39 is 30.1 Å². The van der Waals surface area contributed by atoms with E-state index in [9.17, 15) is 19.5 Å². The number of carbonyl (C=O) groups excluding carboxylic acids is 2. The maximum absolute atomic E-state index is 13.0. The van der Waals surface area contributed by atoms with Crippen molar-refractivity contribution in [3.63, 3.8) is 0 Å². The third kappa shape index (κ3) is 6.62. The molecule has 7 nitrogen and oxygen atoms in total. The van der Waals surface area contributed by atoms with E-state index in [0.717, 1.165) is 28.7 Å². The lowest BCUT2D eigenvalue weighted by Gasteiger charge is -2.24. The van der Waals surface area contributed by atoms with Gasteiger partial charge in [-0.05, 0) is 46.9 Å². The Labute approximate surface area is 207 Å². The fraction of sp³-hybridized carbons (Fsp3) is 0.464. The van der Waals surface area contributed by atoms with Gasteiger partial charge in [-0.2, -0.15) is 0 Å². The lowest BCUT2D eigenvalue weighted by Crippen LogP contribution is -2.52. The van der Waals surface area contributed by atoms with E-state index in [1.165, 1.54) is 0 Å². The first kappa shape index (κ1) is 26.3. The molecule has 0 heterocycles. The van der Waals surface area contributed by atoms with E-state index >= 15 is 0 Å². The highest BCUT2D eigenvalue weighted by Gasteiger charge is 2.31. The zero-order valence-corrected chi connectivity index (χ0v) is 20.9. The summed E-state index contributed by atoms with van der Waals surface area (Å²) in [5, 5.41) is 14.8. The molecule has 1 aliphatic carbocycles. The van der Waals surface area contributed by atoms with E-state index in [0.29, 0.717) is 12.8 Å².